The molecule has 2 aromatic heterocycles. The molecule has 4 rings (SSSR count). The number of aromatic nitrogens is 3. The molecule has 4 aromatic rings. The summed E-state index contributed by atoms with van der Waals surface area (Å²) >= 11 is 2.03. The summed E-state index contributed by atoms with van der Waals surface area (Å²) in [4.78, 5) is 15.9. The maximum absolute atomic E-state index is 11.6. The van der Waals surface area contributed by atoms with Crippen molar-refractivity contribution in [2.75, 3.05) is 12.4 Å². The molecular formula is C23H19IN4O3. The first-order valence-corrected chi connectivity index (χ1v) is 10.6. The highest BCUT2D eigenvalue weighted by Gasteiger charge is 2.18. The molecule has 0 atom stereocenters. The number of aromatic carboxylic acids is 1. The van der Waals surface area contributed by atoms with Crippen molar-refractivity contribution >= 4 is 34.2 Å². The highest BCUT2D eigenvalue weighted by atomic mass is 127. The monoisotopic (exact) mass is 526 g/mol. The van der Waals surface area contributed by atoms with Crippen LogP contribution in [0.5, 0.6) is 5.75 Å². The van der Waals surface area contributed by atoms with E-state index in [2.05, 4.69) is 10.3 Å². The highest BCUT2D eigenvalue weighted by molar-refractivity contribution is 14.1. The Morgan fingerprint density at radius 1 is 1.13 bits per heavy atom. The van der Waals surface area contributed by atoms with Crippen LogP contribution in [0.1, 0.15) is 15.9 Å². The van der Waals surface area contributed by atoms with Gasteiger partial charge in [-0.15, -0.1) is 0 Å². The van der Waals surface area contributed by atoms with Gasteiger partial charge in [0.2, 0.25) is 0 Å². The number of nitrogens with zero attached hydrogens (tertiary/aromatic N) is 3. The maximum Gasteiger partial charge on any atom is 0.337 e. The molecule has 2 N–H and O–H groups in total. The van der Waals surface area contributed by atoms with Gasteiger partial charge in [0.25, 0.3) is 0 Å². The van der Waals surface area contributed by atoms with E-state index in [0.29, 0.717) is 21.7 Å². The standard InChI is InChI=1S/C23H19IN4O3/c1-31-19-10-6-5-9-17(19)20-15(14-28(27-20)16-7-3-2-4-8-16)13-26-21-18(23(29)30)11-12-25-22(21)24/h2-12,14,26H,13H2,1H3,(H,29,30). The SMILES string of the molecule is COc1ccccc1-c1nn(-c2ccccc2)cc1CNc1c(C(=O)O)ccnc1I. The number of nitrogens with one attached hydrogen (secondary N) is 1. The summed E-state index contributed by atoms with van der Waals surface area (Å²) in [6.45, 7) is 0.363. The Morgan fingerprint density at radius 2 is 1.87 bits per heavy atom. The van der Waals surface area contributed by atoms with Crippen LogP contribution in [0, 0.1) is 3.70 Å². The number of anilines is 1. The minimum atomic E-state index is -1.01. The van der Waals surface area contributed by atoms with Gasteiger partial charge in [0.1, 0.15) is 15.1 Å². The van der Waals surface area contributed by atoms with Crippen molar-refractivity contribution in [3.63, 3.8) is 0 Å². The van der Waals surface area contributed by atoms with E-state index in [1.54, 1.807) is 7.11 Å². The first-order valence-electron chi connectivity index (χ1n) is 9.47. The zero-order valence-corrected chi connectivity index (χ0v) is 18.8. The number of rotatable bonds is 7. The largest absolute Gasteiger partial charge is 0.496 e. The fourth-order valence-corrected chi connectivity index (χ4v) is 3.93. The minimum absolute atomic E-state index is 0.175. The van der Waals surface area contributed by atoms with Crippen molar-refractivity contribution in [3.05, 3.63) is 87.9 Å². The smallest absolute Gasteiger partial charge is 0.337 e. The first kappa shape index (κ1) is 20.9. The second-order valence-electron chi connectivity index (χ2n) is 6.67. The van der Waals surface area contributed by atoms with Crippen LogP contribution in [0.25, 0.3) is 16.9 Å². The third-order valence-corrected chi connectivity index (χ3v) is 5.58. The van der Waals surface area contributed by atoms with Gasteiger partial charge in [-0.05, 0) is 52.9 Å². The molecule has 0 fully saturated rings. The molecule has 0 aliphatic rings. The van der Waals surface area contributed by atoms with E-state index in [-0.39, 0.29) is 5.56 Å². The summed E-state index contributed by atoms with van der Waals surface area (Å²) in [7, 11) is 1.63. The van der Waals surface area contributed by atoms with Gasteiger partial charge in [-0.25, -0.2) is 14.5 Å². The van der Waals surface area contributed by atoms with Crippen LogP contribution in [0.3, 0.4) is 0 Å². The lowest BCUT2D eigenvalue weighted by Crippen LogP contribution is -2.09. The molecule has 0 aliphatic carbocycles. The average molecular weight is 526 g/mol. The number of carboxylic acids is 1. The molecule has 0 saturated carbocycles. The molecule has 156 valence electrons. The predicted molar refractivity (Wildman–Crippen MR) is 127 cm³/mol. The van der Waals surface area contributed by atoms with Crippen molar-refractivity contribution in [2.45, 2.75) is 6.54 Å². The number of carboxylic acid groups (broad SMARTS) is 1. The van der Waals surface area contributed by atoms with E-state index in [0.717, 1.165) is 22.5 Å². The lowest BCUT2D eigenvalue weighted by atomic mass is 10.1. The Bertz CT molecular complexity index is 1220. The zero-order valence-electron chi connectivity index (χ0n) is 16.6. The van der Waals surface area contributed by atoms with Crippen LogP contribution < -0.4 is 10.1 Å². The highest BCUT2D eigenvalue weighted by Crippen LogP contribution is 2.32. The Balaban J connectivity index is 1.77. The van der Waals surface area contributed by atoms with Crippen molar-refractivity contribution in [1.82, 2.24) is 14.8 Å². The average Bonchev–Trinajstić information content (AvgIpc) is 3.22. The maximum atomic E-state index is 11.6. The quantitative estimate of drug-likeness (QED) is 0.264. The number of halogens is 1. The topological polar surface area (TPSA) is 89.3 Å². The molecule has 0 spiro atoms. The lowest BCUT2D eigenvalue weighted by molar-refractivity contribution is 0.0697. The Hall–Kier alpha value is -3.40. The van der Waals surface area contributed by atoms with E-state index in [9.17, 15) is 9.90 Å². The number of para-hydroxylation sites is 2. The molecular weight excluding hydrogens is 507 g/mol. The molecule has 0 saturated heterocycles. The van der Waals surface area contributed by atoms with Gasteiger partial charge in [0.15, 0.2) is 0 Å². The third kappa shape index (κ3) is 4.38. The molecule has 0 amide bonds. The molecule has 0 aliphatic heterocycles. The van der Waals surface area contributed by atoms with Crippen molar-refractivity contribution in [2.24, 2.45) is 0 Å². The molecule has 8 heteroatoms. The molecule has 2 aromatic carbocycles. The Labute approximate surface area is 192 Å². The van der Waals surface area contributed by atoms with Crippen LogP contribution in [0.4, 0.5) is 5.69 Å². The second-order valence-corrected chi connectivity index (χ2v) is 7.69. The van der Waals surface area contributed by atoms with Crippen LogP contribution >= 0.6 is 22.6 Å². The molecule has 2 heterocycles. The van der Waals surface area contributed by atoms with Gasteiger partial charge in [0, 0.05) is 30.1 Å². The first-order chi connectivity index (χ1) is 15.1. The minimum Gasteiger partial charge on any atom is -0.496 e. The number of pyridine rings is 1. The van der Waals surface area contributed by atoms with E-state index in [1.165, 1.54) is 12.3 Å². The number of ether oxygens (including phenoxy) is 1. The molecule has 0 bridgehead atoms. The number of benzene rings is 2. The number of methoxy groups -OCH3 is 1. The van der Waals surface area contributed by atoms with Crippen LogP contribution in [-0.2, 0) is 6.54 Å². The lowest BCUT2D eigenvalue weighted by Gasteiger charge is -2.12. The zero-order chi connectivity index (χ0) is 21.8. The van der Waals surface area contributed by atoms with E-state index >= 15 is 0 Å². The fraction of sp³-hybridized carbons (Fsp3) is 0.0870. The third-order valence-electron chi connectivity index (χ3n) is 4.76. The Kier molecular flexibility index (Phi) is 6.17. The second kappa shape index (κ2) is 9.17. The summed E-state index contributed by atoms with van der Waals surface area (Å²) < 4.78 is 7.94. The molecule has 7 nitrogen and oxygen atoms in total. The summed E-state index contributed by atoms with van der Waals surface area (Å²) in [5, 5.41) is 17.6. The van der Waals surface area contributed by atoms with Gasteiger partial charge >= 0.3 is 5.97 Å². The van der Waals surface area contributed by atoms with Gasteiger partial charge < -0.3 is 15.2 Å². The number of hydrogen-bond acceptors (Lipinski definition) is 5. The summed E-state index contributed by atoms with van der Waals surface area (Å²) in [5.74, 6) is -0.294. The summed E-state index contributed by atoms with van der Waals surface area (Å²) in [6, 6.07) is 19.0. The predicted octanol–water partition coefficient (Wildman–Crippen LogP) is 4.86. The molecule has 0 unspecified atom stereocenters. The van der Waals surface area contributed by atoms with Gasteiger partial charge in [0.05, 0.1) is 24.0 Å². The normalized spacial score (nSPS) is 10.6. The van der Waals surface area contributed by atoms with Crippen LogP contribution in [0.15, 0.2) is 73.1 Å². The van der Waals surface area contributed by atoms with Gasteiger partial charge in [-0.1, -0.05) is 30.3 Å². The number of carbonyl (C=O) groups is 1. The molecule has 31 heavy (non-hydrogen) atoms. The fourth-order valence-electron chi connectivity index (χ4n) is 3.29. The summed E-state index contributed by atoms with van der Waals surface area (Å²) in [5.41, 5.74) is 4.08. The van der Waals surface area contributed by atoms with Crippen LogP contribution in [0.2, 0.25) is 0 Å². The van der Waals surface area contributed by atoms with E-state index < -0.39 is 5.97 Å². The van der Waals surface area contributed by atoms with Crippen molar-refractivity contribution in [3.8, 4) is 22.7 Å². The summed E-state index contributed by atoms with van der Waals surface area (Å²) in [6.07, 6.45) is 3.43. The van der Waals surface area contributed by atoms with Gasteiger partial charge in [-0.2, -0.15) is 5.10 Å². The molecule has 0 radical (unpaired) electrons. The van der Waals surface area contributed by atoms with Crippen molar-refractivity contribution in [1.29, 1.82) is 0 Å². The van der Waals surface area contributed by atoms with E-state index in [4.69, 9.17) is 9.84 Å². The van der Waals surface area contributed by atoms with E-state index in [1.807, 2.05) is 88.1 Å². The van der Waals surface area contributed by atoms with Gasteiger partial charge in [-0.3, -0.25) is 0 Å². The van der Waals surface area contributed by atoms with Crippen LogP contribution in [-0.4, -0.2) is 33.0 Å². The van der Waals surface area contributed by atoms with Crippen molar-refractivity contribution < 1.29 is 14.6 Å². The number of hydrogen-bond donors (Lipinski definition) is 2. The Morgan fingerprint density at radius 3 is 2.61 bits per heavy atom.